The Balaban J connectivity index is 1.61. The first-order valence-corrected chi connectivity index (χ1v) is 10.5. The summed E-state index contributed by atoms with van der Waals surface area (Å²) >= 11 is 7.47. The normalized spacial score (nSPS) is 10.9. The summed E-state index contributed by atoms with van der Waals surface area (Å²) in [6.45, 7) is 0.448. The molecule has 2 heterocycles. The molecule has 0 radical (unpaired) electrons. The third-order valence-corrected chi connectivity index (χ3v) is 5.76. The van der Waals surface area contributed by atoms with Crippen LogP contribution in [0.4, 0.5) is 0 Å². The Labute approximate surface area is 182 Å². The molecule has 8 heteroatoms. The van der Waals surface area contributed by atoms with Crippen molar-refractivity contribution in [2.24, 2.45) is 0 Å². The first-order valence-electron chi connectivity index (χ1n) is 9.16. The van der Waals surface area contributed by atoms with Crippen molar-refractivity contribution in [1.82, 2.24) is 14.8 Å². The van der Waals surface area contributed by atoms with Gasteiger partial charge in [-0.2, -0.15) is 0 Å². The highest BCUT2D eigenvalue weighted by Gasteiger charge is 2.18. The van der Waals surface area contributed by atoms with Crippen LogP contribution in [0.25, 0.3) is 11.4 Å². The second-order valence-corrected chi connectivity index (χ2v) is 7.74. The van der Waals surface area contributed by atoms with Gasteiger partial charge in [-0.15, -0.1) is 10.2 Å². The molecule has 0 aliphatic rings. The molecular weight excluding hydrogens is 422 g/mol. The highest BCUT2D eigenvalue weighted by molar-refractivity contribution is 7.99. The lowest BCUT2D eigenvalue weighted by atomic mass is 10.1. The fraction of sp³-hybridized carbons (Fsp3) is 0.136. The van der Waals surface area contributed by atoms with Crippen LogP contribution >= 0.6 is 23.4 Å². The lowest BCUT2D eigenvalue weighted by Crippen LogP contribution is -2.07. The fourth-order valence-electron chi connectivity index (χ4n) is 2.95. The van der Waals surface area contributed by atoms with Gasteiger partial charge in [0.25, 0.3) is 0 Å². The van der Waals surface area contributed by atoms with E-state index in [2.05, 4.69) is 10.2 Å². The van der Waals surface area contributed by atoms with Gasteiger partial charge in [-0.3, -0.25) is 9.36 Å². The van der Waals surface area contributed by atoms with E-state index in [4.69, 9.17) is 20.8 Å². The number of Topliss-reactive ketones (excluding diaryl/α,β-unsaturated/α-hetero) is 1. The molecule has 0 aliphatic carbocycles. The van der Waals surface area contributed by atoms with E-state index in [1.165, 1.54) is 11.8 Å². The number of hydrogen-bond donors (Lipinski definition) is 0. The minimum absolute atomic E-state index is 0.0656. The largest absolute Gasteiger partial charge is 0.497 e. The van der Waals surface area contributed by atoms with Crippen molar-refractivity contribution < 1.29 is 13.9 Å². The van der Waals surface area contributed by atoms with Crippen molar-refractivity contribution in [3.05, 3.63) is 83.3 Å². The number of ketones is 1. The minimum atomic E-state index is -0.0656. The summed E-state index contributed by atoms with van der Waals surface area (Å²) in [6, 6.07) is 18.3. The van der Waals surface area contributed by atoms with Crippen molar-refractivity contribution in [3.63, 3.8) is 0 Å². The van der Waals surface area contributed by atoms with Crippen LogP contribution in [0.15, 0.2) is 76.5 Å². The molecule has 2 aromatic heterocycles. The van der Waals surface area contributed by atoms with E-state index < -0.39 is 0 Å². The molecule has 0 unspecified atom stereocenters. The molecule has 2 aromatic carbocycles. The number of halogens is 1. The number of carbonyl (C=O) groups is 1. The van der Waals surface area contributed by atoms with Gasteiger partial charge < -0.3 is 9.15 Å². The first kappa shape index (κ1) is 20.3. The molecule has 6 nitrogen and oxygen atoms in total. The van der Waals surface area contributed by atoms with Crippen molar-refractivity contribution in [2.45, 2.75) is 11.7 Å². The zero-order valence-corrected chi connectivity index (χ0v) is 17.7. The zero-order valence-electron chi connectivity index (χ0n) is 16.1. The van der Waals surface area contributed by atoms with Gasteiger partial charge in [0.2, 0.25) is 0 Å². The Morgan fingerprint density at radius 2 is 1.90 bits per heavy atom. The van der Waals surface area contributed by atoms with Crippen LogP contribution in [0.5, 0.6) is 5.75 Å². The number of aromatic nitrogens is 3. The van der Waals surface area contributed by atoms with Crippen LogP contribution in [0.2, 0.25) is 5.02 Å². The molecule has 0 bridgehead atoms. The van der Waals surface area contributed by atoms with Crippen LogP contribution in [-0.2, 0) is 6.54 Å². The standard InChI is InChI=1S/C22H18ClN3O3S/c1-28-16-10-8-15(9-11-16)21-24-25-22(26(21)13-17-5-4-12-29-17)30-14-20(27)18-6-2-3-7-19(18)23/h2-12H,13-14H2,1H3. The van der Waals surface area contributed by atoms with Crippen LogP contribution in [-0.4, -0.2) is 33.4 Å². The summed E-state index contributed by atoms with van der Waals surface area (Å²) in [6.07, 6.45) is 1.63. The number of furan rings is 1. The third kappa shape index (κ3) is 4.42. The topological polar surface area (TPSA) is 70.2 Å². The zero-order chi connectivity index (χ0) is 20.9. The maximum atomic E-state index is 12.6. The molecule has 0 spiro atoms. The maximum Gasteiger partial charge on any atom is 0.192 e. The Kier molecular flexibility index (Phi) is 6.21. The van der Waals surface area contributed by atoms with Gasteiger partial charge in [0.15, 0.2) is 16.8 Å². The first-order chi connectivity index (χ1) is 14.7. The number of benzene rings is 2. The molecule has 0 fully saturated rings. The second kappa shape index (κ2) is 9.19. The molecule has 0 saturated heterocycles. The summed E-state index contributed by atoms with van der Waals surface area (Å²) < 4.78 is 12.7. The molecule has 4 aromatic rings. The lowest BCUT2D eigenvalue weighted by molar-refractivity contribution is 0.102. The molecule has 152 valence electrons. The predicted octanol–water partition coefficient (Wildman–Crippen LogP) is 5.22. The van der Waals surface area contributed by atoms with Gasteiger partial charge in [0.1, 0.15) is 11.5 Å². The minimum Gasteiger partial charge on any atom is -0.497 e. The van der Waals surface area contributed by atoms with E-state index >= 15 is 0 Å². The van der Waals surface area contributed by atoms with Crippen molar-refractivity contribution in [1.29, 1.82) is 0 Å². The summed E-state index contributed by atoms with van der Waals surface area (Å²) in [5.74, 6) is 2.34. The van der Waals surface area contributed by atoms with E-state index in [-0.39, 0.29) is 11.5 Å². The van der Waals surface area contributed by atoms with Gasteiger partial charge in [-0.05, 0) is 48.5 Å². The predicted molar refractivity (Wildman–Crippen MR) is 116 cm³/mol. The summed E-state index contributed by atoms with van der Waals surface area (Å²) in [4.78, 5) is 12.6. The number of hydrogen-bond acceptors (Lipinski definition) is 6. The maximum absolute atomic E-state index is 12.6. The van der Waals surface area contributed by atoms with E-state index in [9.17, 15) is 4.79 Å². The molecule has 4 rings (SSSR count). The monoisotopic (exact) mass is 439 g/mol. The van der Waals surface area contributed by atoms with Crippen molar-refractivity contribution in [2.75, 3.05) is 12.9 Å². The van der Waals surface area contributed by atoms with Crippen LogP contribution in [0, 0.1) is 0 Å². The van der Waals surface area contributed by atoms with Gasteiger partial charge in [0, 0.05) is 11.1 Å². The van der Waals surface area contributed by atoms with Crippen molar-refractivity contribution in [3.8, 4) is 17.1 Å². The number of thioether (sulfide) groups is 1. The third-order valence-electron chi connectivity index (χ3n) is 4.47. The van der Waals surface area contributed by atoms with E-state index in [1.54, 1.807) is 37.6 Å². The van der Waals surface area contributed by atoms with E-state index in [0.29, 0.717) is 28.1 Å². The molecule has 0 atom stereocenters. The fourth-order valence-corrected chi connectivity index (χ4v) is 4.01. The van der Waals surface area contributed by atoms with Gasteiger partial charge in [0.05, 0.1) is 30.7 Å². The van der Waals surface area contributed by atoms with Crippen LogP contribution < -0.4 is 4.74 Å². The number of nitrogens with zero attached hydrogens (tertiary/aromatic N) is 3. The summed E-state index contributed by atoms with van der Waals surface area (Å²) in [5, 5.41) is 9.75. The Bertz CT molecular complexity index is 1140. The summed E-state index contributed by atoms with van der Waals surface area (Å²) in [7, 11) is 1.62. The molecule has 0 amide bonds. The van der Waals surface area contributed by atoms with Crippen molar-refractivity contribution >= 4 is 29.1 Å². The Morgan fingerprint density at radius 1 is 1.10 bits per heavy atom. The second-order valence-electron chi connectivity index (χ2n) is 6.39. The lowest BCUT2D eigenvalue weighted by Gasteiger charge is -2.09. The highest BCUT2D eigenvalue weighted by atomic mass is 35.5. The molecule has 0 saturated carbocycles. The Hall–Kier alpha value is -3.03. The van der Waals surface area contributed by atoms with E-state index in [0.717, 1.165) is 17.1 Å². The SMILES string of the molecule is COc1ccc(-c2nnc(SCC(=O)c3ccccc3Cl)n2Cc2ccco2)cc1. The van der Waals surface area contributed by atoms with Gasteiger partial charge >= 0.3 is 0 Å². The molecular formula is C22H18ClN3O3S. The van der Waals surface area contributed by atoms with Crippen LogP contribution in [0.1, 0.15) is 16.1 Å². The number of ether oxygens (including phenoxy) is 1. The smallest absolute Gasteiger partial charge is 0.192 e. The molecule has 0 aliphatic heterocycles. The average Bonchev–Trinajstić information content (AvgIpc) is 3.43. The summed E-state index contributed by atoms with van der Waals surface area (Å²) in [5.41, 5.74) is 1.39. The van der Waals surface area contributed by atoms with Crippen LogP contribution in [0.3, 0.4) is 0 Å². The average molecular weight is 440 g/mol. The molecule has 0 N–H and O–H groups in total. The van der Waals surface area contributed by atoms with E-state index in [1.807, 2.05) is 41.0 Å². The van der Waals surface area contributed by atoms with Gasteiger partial charge in [-0.1, -0.05) is 35.5 Å². The quantitative estimate of drug-likeness (QED) is 0.277. The molecule has 30 heavy (non-hydrogen) atoms. The number of rotatable bonds is 8. The number of methoxy groups -OCH3 is 1. The highest BCUT2D eigenvalue weighted by Crippen LogP contribution is 2.28. The van der Waals surface area contributed by atoms with Gasteiger partial charge in [-0.25, -0.2) is 0 Å². The number of carbonyl (C=O) groups excluding carboxylic acids is 1. The Morgan fingerprint density at radius 3 is 2.60 bits per heavy atom.